The minimum absolute atomic E-state index is 0.0199. The van der Waals surface area contributed by atoms with Gasteiger partial charge in [0.05, 0.1) is 12.6 Å². The van der Waals surface area contributed by atoms with Gasteiger partial charge in [0.25, 0.3) is 0 Å². The first-order chi connectivity index (χ1) is 9.28. The summed E-state index contributed by atoms with van der Waals surface area (Å²) in [5, 5.41) is 3.28. The van der Waals surface area contributed by atoms with Gasteiger partial charge in [-0.2, -0.15) is 0 Å². The Labute approximate surface area is 112 Å². The third-order valence-electron chi connectivity index (χ3n) is 3.39. The molecule has 1 unspecified atom stereocenters. The minimum atomic E-state index is 0.0199. The molecule has 1 aliphatic rings. The SMILES string of the molecule is CNC(c1ccc2c(c1)CCO2)c1ncc(C)cn1. The maximum atomic E-state index is 5.54. The highest BCUT2D eigenvalue weighted by molar-refractivity contribution is 5.42. The summed E-state index contributed by atoms with van der Waals surface area (Å²) < 4.78 is 5.54. The van der Waals surface area contributed by atoms with Crippen molar-refractivity contribution >= 4 is 0 Å². The summed E-state index contributed by atoms with van der Waals surface area (Å²) in [6.07, 6.45) is 4.68. The zero-order valence-corrected chi connectivity index (χ0v) is 11.2. The first-order valence-corrected chi connectivity index (χ1v) is 6.49. The molecule has 3 rings (SSSR count). The van der Waals surface area contributed by atoms with E-state index in [1.165, 1.54) is 11.1 Å². The van der Waals surface area contributed by atoms with Crippen molar-refractivity contribution in [3.8, 4) is 5.75 Å². The fraction of sp³-hybridized carbons (Fsp3) is 0.333. The van der Waals surface area contributed by atoms with Gasteiger partial charge in [-0.25, -0.2) is 9.97 Å². The summed E-state index contributed by atoms with van der Waals surface area (Å²) in [5.74, 6) is 1.80. The van der Waals surface area contributed by atoms with Crippen LogP contribution in [0, 0.1) is 6.92 Å². The molecule has 98 valence electrons. The number of aryl methyl sites for hydroxylation is 1. The van der Waals surface area contributed by atoms with Gasteiger partial charge >= 0.3 is 0 Å². The summed E-state index contributed by atoms with van der Waals surface area (Å²) in [6, 6.07) is 6.32. The second kappa shape index (κ2) is 4.97. The number of benzene rings is 1. The average Bonchev–Trinajstić information content (AvgIpc) is 2.89. The monoisotopic (exact) mass is 255 g/mol. The molecule has 0 spiro atoms. The third kappa shape index (κ3) is 2.31. The fourth-order valence-corrected chi connectivity index (χ4v) is 2.38. The Bertz CT molecular complexity index is 580. The van der Waals surface area contributed by atoms with Crippen LogP contribution in [0.5, 0.6) is 5.75 Å². The molecule has 0 saturated heterocycles. The minimum Gasteiger partial charge on any atom is -0.493 e. The van der Waals surface area contributed by atoms with Crippen LogP contribution in [0.15, 0.2) is 30.6 Å². The van der Waals surface area contributed by atoms with E-state index in [2.05, 4.69) is 27.4 Å². The van der Waals surface area contributed by atoms with Crippen molar-refractivity contribution < 1.29 is 4.74 Å². The van der Waals surface area contributed by atoms with E-state index in [0.717, 1.165) is 30.2 Å². The van der Waals surface area contributed by atoms with Crippen LogP contribution in [0.1, 0.15) is 28.6 Å². The average molecular weight is 255 g/mol. The van der Waals surface area contributed by atoms with Gasteiger partial charge in [-0.15, -0.1) is 0 Å². The topological polar surface area (TPSA) is 47.0 Å². The molecule has 1 aromatic heterocycles. The molecular weight excluding hydrogens is 238 g/mol. The molecule has 19 heavy (non-hydrogen) atoms. The van der Waals surface area contributed by atoms with Crippen molar-refractivity contribution in [3.05, 3.63) is 53.1 Å². The normalized spacial score (nSPS) is 14.8. The Morgan fingerprint density at radius 1 is 1.26 bits per heavy atom. The molecule has 1 N–H and O–H groups in total. The second-order valence-corrected chi connectivity index (χ2v) is 4.81. The highest BCUT2D eigenvalue weighted by Gasteiger charge is 2.18. The van der Waals surface area contributed by atoms with Crippen LogP contribution in [-0.2, 0) is 6.42 Å². The Kier molecular flexibility index (Phi) is 3.17. The van der Waals surface area contributed by atoms with Gasteiger partial charge in [-0.3, -0.25) is 0 Å². The number of nitrogens with zero attached hydrogens (tertiary/aromatic N) is 2. The molecule has 0 saturated carbocycles. The molecule has 1 aliphatic heterocycles. The van der Waals surface area contributed by atoms with E-state index < -0.39 is 0 Å². The van der Waals surface area contributed by atoms with Crippen LogP contribution < -0.4 is 10.1 Å². The predicted octanol–water partition coefficient (Wildman–Crippen LogP) is 2.03. The van der Waals surface area contributed by atoms with Gasteiger partial charge in [0.1, 0.15) is 11.6 Å². The largest absolute Gasteiger partial charge is 0.493 e. The first kappa shape index (κ1) is 12.1. The van der Waals surface area contributed by atoms with Crippen LogP contribution in [-0.4, -0.2) is 23.6 Å². The van der Waals surface area contributed by atoms with E-state index in [-0.39, 0.29) is 6.04 Å². The van der Waals surface area contributed by atoms with Gasteiger partial charge < -0.3 is 10.1 Å². The molecule has 0 bridgehead atoms. The lowest BCUT2D eigenvalue weighted by atomic mass is 10.0. The van der Waals surface area contributed by atoms with Gasteiger partial charge in [0.15, 0.2) is 0 Å². The van der Waals surface area contributed by atoms with Crippen molar-refractivity contribution in [2.24, 2.45) is 0 Å². The predicted molar refractivity (Wildman–Crippen MR) is 73.3 cm³/mol. The van der Waals surface area contributed by atoms with E-state index in [9.17, 15) is 0 Å². The molecular formula is C15H17N3O. The van der Waals surface area contributed by atoms with Crippen molar-refractivity contribution in [1.29, 1.82) is 0 Å². The van der Waals surface area contributed by atoms with Crippen LogP contribution in [0.25, 0.3) is 0 Å². The van der Waals surface area contributed by atoms with Gasteiger partial charge in [0, 0.05) is 18.8 Å². The molecule has 2 aromatic rings. The smallest absolute Gasteiger partial charge is 0.149 e. The van der Waals surface area contributed by atoms with Gasteiger partial charge in [0.2, 0.25) is 0 Å². The van der Waals surface area contributed by atoms with E-state index in [0.29, 0.717) is 0 Å². The third-order valence-corrected chi connectivity index (χ3v) is 3.39. The van der Waals surface area contributed by atoms with Crippen molar-refractivity contribution in [3.63, 3.8) is 0 Å². The zero-order valence-electron chi connectivity index (χ0n) is 11.2. The first-order valence-electron chi connectivity index (χ1n) is 6.49. The number of rotatable bonds is 3. The molecule has 2 heterocycles. The van der Waals surface area contributed by atoms with Crippen LogP contribution in [0.3, 0.4) is 0 Å². The lowest BCUT2D eigenvalue weighted by Crippen LogP contribution is -2.20. The highest BCUT2D eigenvalue weighted by atomic mass is 16.5. The maximum absolute atomic E-state index is 5.54. The van der Waals surface area contributed by atoms with Crippen molar-refractivity contribution in [2.45, 2.75) is 19.4 Å². The van der Waals surface area contributed by atoms with Crippen molar-refractivity contribution in [2.75, 3.05) is 13.7 Å². The Hall–Kier alpha value is -1.94. The molecule has 0 fully saturated rings. The highest BCUT2D eigenvalue weighted by Crippen LogP contribution is 2.29. The van der Waals surface area contributed by atoms with E-state index in [4.69, 9.17) is 4.74 Å². The number of hydrogen-bond donors (Lipinski definition) is 1. The lowest BCUT2D eigenvalue weighted by molar-refractivity contribution is 0.357. The summed E-state index contributed by atoms with van der Waals surface area (Å²) in [6.45, 7) is 2.77. The standard InChI is InChI=1S/C15H17N3O/c1-10-8-17-15(18-9-10)14(16-2)12-3-4-13-11(7-12)5-6-19-13/h3-4,7-9,14,16H,5-6H2,1-2H3. The van der Waals surface area contributed by atoms with E-state index >= 15 is 0 Å². The van der Waals surface area contributed by atoms with E-state index in [1.807, 2.05) is 32.4 Å². The van der Waals surface area contributed by atoms with Gasteiger partial charge in [-0.05, 0) is 42.8 Å². The number of nitrogens with one attached hydrogen (secondary N) is 1. The molecule has 1 aromatic carbocycles. The summed E-state index contributed by atoms with van der Waals surface area (Å²) >= 11 is 0. The lowest BCUT2D eigenvalue weighted by Gasteiger charge is -2.16. The second-order valence-electron chi connectivity index (χ2n) is 4.81. The Balaban J connectivity index is 1.96. The van der Waals surface area contributed by atoms with Gasteiger partial charge in [-0.1, -0.05) is 6.07 Å². The summed E-state index contributed by atoms with van der Waals surface area (Å²) in [4.78, 5) is 8.83. The molecule has 4 heteroatoms. The Morgan fingerprint density at radius 2 is 2.05 bits per heavy atom. The van der Waals surface area contributed by atoms with Crippen LogP contribution in [0.2, 0.25) is 0 Å². The summed E-state index contributed by atoms with van der Waals surface area (Å²) in [5.41, 5.74) is 3.52. The number of fused-ring (bicyclic) bond motifs is 1. The fourth-order valence-electron chi connectivity index (χ4n) is 2.38. The molecule has 0 amide bonds. The zero-order chi connectivity index (χ0) is 13.2. The molecule has 0 radical (unpaired) electrons. The number of hydrogen-bond acceptors (Lipinski definition) is 4. The number of ether oxygens (including phenoxy) is 1. The maximum Gasteiger partial charge on any atom is 0.149 e. The molecule has 4 nitrogen and oxygen atoms in total. The van der Waals surface area contributed by atoms with E-state index in [1.54, 1.807) is 0 Å². The molecule has 1 atom stereocenters. The van der Waals surface area contributed by atoms with Crippen molar-refractivity contribution in [1.82, 2.24) is 15.3 Å². The Morgan fingerprint density at radius 3 is 2.79 bits per heavy atom. The number of aromatic nitrogens is 2. The summed E-state index contributed by atoms with van der Waals surface area (Å²) in [7, 11) is 1.93. The molecule has 0 aliphatic carbocycles. The van der Waals surface area contributed by atoms with Crippen LogP contribution >= 0.6 is 0 Å². The quantitative estimate of drug-likeness (QED) is 0.911. The van der Waals surface area contributed by atoms with Crippen LogP contribution in [0.4, 0.5) is 0 Å².